The Bertz CT molecular complexity index is 843. The number of benzene rings is 2. The minimum Gasteiger partial charge on any atom is -0.483 e. The third-order valence-electron chi connectivity index (χ3n) is 5.42. The van der Waals surface area contributed by atoms with Crippen LogP contribution in [-0.2, 0) is 9.59 Å². The summed E-state index contributed by atoms with van der Waals surface area (Å²) >= 11 is 0. The average Bonchev–Trinajstić information content (AvgIpc) is 3.58. The van der Waals surface area contributed by atoms with E-state index in [0.717, 1.165) is 41.8 Å². The van der Waals surface area contributed by atoms with Gasteiger partial charge in [0.25, 0.3) is 5.91 Å². The number of hydrogen-bond acceptors (Lipinski definition) is 3. The fourth-order valence-electron chi connectivity index (χ4n) is 3.19. The maximum absolute atomic E-state index is 12.4. The lowest BCUT2D eigenvalue weighted by Crippen LogP contribution is -2.31. The first-order valence-corrected chi connectivity index (χ1v) is 10.4. The van der Waals surface area contributed by atoms with E-state index in [-0.39, 0.29) is 30.4 Å². The molecule has 0 heterocycles. The summed E-state index contributed by atoms with van der Waals surface area (Å²) in [5.41, 5.74) is 2.89. The number of para-hydroxylation sites is 1. The van der Waals surface area contributed by atoms with Crippen LogP contribution in [0.25, 0.3) is 0 Å². The zero-order chi connectivity index (χ0) is 20.8. The van der Waals surface area contributed by atoms with E-state index in [0.29, 0.717) is 5.92 Å². The van der Waals surface area contributed by atoms with Crippen LogP contribution in [0.5, 0.6) is 5.75 Å². The molecule has 1 aliphatic carbocycles. The normalized spacial score (nSPS) is 15.3. The molecule has 29 heavy (non-hydrogen) atoms. The predicted molar refractivity (Wildman–Crippen MR) is 115 cm³/mol. The van der Waals surface area contributed by atoms with E-state index in [1.165, 1.54) is 0 Å². The number of nitrogens with one attached hydrogen (secondary N) is 2. The van der Waals surface area contributed by atoms with Crippen LogP contribution in [0.15, 0.2) is 48.5 Å². The van der Waals surface area contributed by atoms with Crippen molar-refractivity contribution in [3.63, 3.8) is 0 Å². The largest absolute Gasteiger partial charge is 0.483 e. The molecule has 5 nitrogen and oxygen atoms in total. The monoisotopic (exact) mass is 394 g/mol. The van der Waals surface area contributed by atoms with E-state index < -0.39 is 0 Å². The number of carbonyl (C=O) groups is 2. The molecule has 154 valence electrons. The Morgan fingerprint density at radius 2 is 1.76 bits per heavy atom. The highest BCUT2D eigenvalue weighted by Crippen LogP contribution is 2.30. The molecule has 2 aromatic carbocycles. The van der Waals surface area contributed by atoms with Crippen LogP contribution in [0.2, 0.25) is 0 Å². The summed E-state index contributed by atoms with van der Waals surface area (Å²) < 4.78 is 5.79. The Hall–Kier alpha value is -2.82. The first-order chi connectivity index (χ1) is 14.0. The smallest absolute Gasteiger partial charge is 0.258 e. The van der Waals surface area contributed by atoms with Crippen molar-refractivity contribution in [2.24, 2.45) is 5.92 Å². The Balaban J connectivity index is 1.51. The van der Waals surface area contributed by atoms with Crippen molar-refractivity contribution in [1.82, 2.24) is 5.32 Å². The molecular weight excluding hydrogens is 364 g/mol. The molecule has 0 saturated heterocycles. The molecule has 1 aliphatic rings. The third kappa shape index (κ3) is 5.83. The van der Waals surface area contributed by atoms with Crippen molar-refractivity contribution in [1.29, 1.82) is 0 Å². The SMILES string of the molecule is CCC(C)c1ccccc1OCC(=O)NC(C)c1ccc(NC(=O)C2CC2)cc1. The van der Waals surface area contributed by atoms with Crippen molar-refractivity contribution in [2.45, 2.75) is 52.0 Å². The summed E-state index contributed by atoms with van der Waals surface area (Å²) in [4.78, 5) is 24.2. The van der Waals surface area contributed by atoms with E-state index in [1.807, 2.05) is 55.5 Å². The molecule has 0 spiro atoms. The zero-order valence-corrected chi connectivity index (χ0v) is 17.4. The lowest BCUT2D eigenvalue weighted by molar-refractivity contribution is -0.123. The van der Waals surface area contributed by atoms with Gasteiger partial charge in [0.2, 0.25) is 5.91 Å². The van der Waals surface area contributed by atoms with Gasteiger partial charge in [-0.25, -0.2) is 0 Å². The molecule has 2 atom stereocenters. The summed E-state index contributed by atoms with van der Waals surface area (Å²) in [6.45, 7) is 6.20. The van der Waals surface area contributed by atoms with Gasteiger partial charge in [-0.2, -0.15) is 0 Å². The molecule has 2 amide bonds. The summed E-state index contributed by atoms with van der Waals surface area (Å²) in [7, 11) is 0. The Kier molecular flexibility index (Phi) is 6.91. The van der Waals surface area contributed by atoms with Gasteiger partial charge in [0, 0.05) is 11.6 Å². The van der Waals surface area contributed by atoms with Gasteiger partial charge in [-0.3, -0.25) is 9.59 Å². The van der Waals surface area contributed by atoms with E-state index in [1.54, 1.807) is 0 Å². The first kappa shape index (κ1) is 20.9. The van der Waals surface area contributed by atoms with Gasteiger partial charge in [-0.1, -0.05) is 44.2 Å². The van der Waals surface area contributed by atoms with E-state index in [9.17, 15) is 9.59 Å². The summed E-state index contributed by atoms with van der Waals surface area (Å²) in [5.74, 6) is 1.25. The topological polar surface area (TPSA) is 67.4 Å². The second-order valence-corrected chi connectivity index (χ2v) is 7.81. The van der Waals surface area contributed by atoms with Crippen molar-refractivity contribution in [2.75, 3.05) is 11.9 Å². The molecule has 0 aromatic heterocycles. The van der Waals surface area contributed by atoms with Crippen molar-refractivity contribution < 1.29 is 14.3 Å². The zero-order valence-electron chi connectivity index (χ0n) is 17.4. The standard InChI is InChI=1S/C24H30N2O3/c1-4-16(2)21-7-5-6-8-22(21)29-15-23(27)25-17(3)18-11-13-20(14-12-18)26-24(28)19-9-10-19/h5-8,11-14,16-17,19H,4,9-10,15H2,1-3H3,(H,25,27)(H,26,28). The van der Waals surface area contributed by atoms with Crippen LogP contribution in [0.4, 0.5) is 5.69 Å². The van der Waals surface area contributed by atoms with Gasteiger partial charge in [-0.05, 0) is 61.4 Å². The Labute approximate surface area is 172 Å². The molecule has 1 saturated carbocycles. The van der Waals surface area contributed by atoms with E-state index >= 15 is 0 Å². The number of rotatable bonds is 9. The maximum Gasteiger partial charge on any atom is 0.258 e. The van der Waals surface area contributed by atoms with Crippen LogP contribution < -0.4 is 15.4 Å². The molecule has 3 rings (SSSR count). The predicted octanol–water partition coefficient (Wildman–Crippen LogP) is 4.80. The highest BCUT2D eigenvalue weighted by molar-refractivity contribution is 5.94. The molecule has 5 heteroatoms. The fourth-order valence-corrected chi connectivity index (χ4v) is 3.19. The van der Waals surface area contributed by atoms with Gasteiger partial charge in [0.15, 0.2) is 6.61 Å². The average molecular weight is 395 g/mol. The molecule has 1 fully saturated rings. The second-order valence-electron chi connectivity index (χ2n) is 7.81. The minimum absolute atomic E-state index is 0.0205. The van der Waals surface area contributed by atoms with Gasteiger partial charge in [0.05, 0.1) is 6.04 Å². The minimum atomic E-state index is -0.164. The van der Waals surface area contributed by atoms with Gasteiger partial charge < -0.3 is 15.4 Å². The molecule has 2 unspecified atom stereocenters. The molecule has 2 aromatic rings. The summed E-state index contributed by atoms with van der Waals surface area (Å²) in [5, 5.41) is 5.89. The number of carbonyl (C=O) groups excluding carboxylic acids is 2. The van der Waals surface area contributed by atoms with Crippen LogP contribution in [0.1, 0.15) is 63.1 Å². The number of amides is 2. The molecule has 2 N–H and O–H groups in total. The Morgan fingerprint density at radius 3 is 2.41 bits per heavy atom. The summed E-state index contributed by atoms with van der Waals surface area (Å²) in [6.07, 6.45) is 2.98. The quantitative estimate of drug-likeness (QED) is 0.642. The molecule has 0 bridgehead atoms. The maximum atomic E-state index is 12.4. The highest BCUT2D eigenvalue weighted by Gasteiger charge is 2.29. The van der Waals surface area contributed by atoms with Crippen molar-refractivity contribution in [3.8, 4) is 5.75 Å². The third-order valence-corrected chi connectivity index (χ3v) is 5.42. The van der Waals surface area contributed by atoms with Crippen molar-refractivity contribution in [3.05, 3.63) is 59.7 Å². The van der Waals surface area contributed by atoms with Gasteiger partial charge in [0.1, 0.15) is 5.75 Å². The summed E-state index contributed by atoms with van der Waals surface area (Å²) in [6, 6.07) is 15.3. The molecule has 0 radical (unpaired) electrons. The van der Waals surface area contributed by atoms with Gasteiger partial charge >= 0.3 is 0 Å². The van der Waals surface area contributed by atoms with Crippen LogP contribution >= 0.6 is 0 Å². The second kappa shape index (κ2) is 9.59. The fraction of sp³-hybridized carbons (Fsp3) is 0.417. The van der Waals surface area contributed by atoms with Crippen molar-refractivity contribution >= 4 is 17.5 Å². The number of ether oxygens (including phenoxy) is 1. The molecule has 0 aliphatic heterocycles. The van der Waals surface area contributed by atoms with Crippen LogP contribution in [-0.4, -0.2) is 18.4 Å². The lowest BCUT2D eigenvalue weighted by atomic mass is 9.98. The van der Waals surface area contributed by atoms with Crippen LogP contribution in [0.3, 0.4) is 0 Å². The first-order valence-electron chi connectivity index (χ1n) is 10.4. The Morgan fingerprint density at radius 1 is 1.07 bits per heavy atom. The van der Waals surface area contributed by atoms with E-state index in [4.69, 9.17) is 4.74 Å². The van der Waals surface area contributed by atoms with Gasteiger partial charge in [-0.15, -0.1) is 0 Å². The highest BCUT2D eigenvalue weighted by atomic mass is 16.5. The number of anilines is 1. The van der Waals surface area contributed by atoms with E-state index in [2.05, 4.69) is 24.5 Å². The van der Waals surface area contributed by atoms with Crippen LogP contribution in [0, 0.1) is 5.92 Å². The number of hydrogen-bond donors (Lipinski definition) is 2. The lowest BCUT2D eigenvalue weighted by Gasteiger charge is -2.17. The molecular formula is C24H30N2O3.